The molecule has 0 unspecified atom stereocenters. The Bertz CT molecular complexity index is 829. The smallest absolute Gasteiger partial charge is 0.306 e. The molecule has 1 atom stereocenters. The van der Waals surface area contributed by atoms with Crippen molar-refractivity contribution in [3.8, 4) is 0 Å². The van der Waals surface area contributed by atoms with Crippen LogP contribution in [0.1, 0.15) is 43.1 Å². The number of Topliss-reactive ketones (excluding diaryl/α,β-unsaturated/α-hetero) is 1. The zero-order chi connectivity index (χ0) is 20.7. The van der Waals surface area contributed by atoms with Crippen LogP contribution in [0.3, 0.4) is 0 Å². The average Bonchev–Trinajstić information content (AvgIpc) is 2.67. The Balaban J connectivity index is 1.86. The number of carbonyl (C=O) groups is 3. The quantitative estimate of drug-likeness (QED) is 0.547. The van der Waals surface area contributed by atoms with Gasteiger partial charge in [0.25, 0.3) is 0 Å². The van der Waals surface area contributed by atoms with E-state index in [0.29, 0.717) is 17.7 Å². The van der Waals surface area contributed by atoms with Gasteiger partial charge in [-0.05, 0) is 55.3 Å². The van der Waals surface area contributed by atoms with Crippen molar-refractivity contribution in [1.29, 1.82) is 0 Å². The summed E-state index contributed by atoms with van der Waals surface area (Å²) in [6, 6.07) is 12.3. The number of anilines is 1. The van der Waals surface area contributed by atoms with Gasteiger partial charge in [0.05, 0.1) is 0 Å². The van der Waals surface area contributed by atoms with Crippen LogP contribution in [-0.2, 0) is 20.7 Å². The first-order valence-corrected chi connectivity index (χ1v) is 9.15. The first-order valence-electron chi connectivity index (χ1n) is 9.15. The van der Waals surface area contributed by atoms with Crippen LogP contribution in [0.25, 0.3) is 0 Å². The molecule has 2 aromatic rings. The molecule has 0 spiro atoms. The normalized spacial score (nSPS) is 11.8. The van der Waals surface area contributed by atoms with Crippen molar-refractivity contribution >= 4 is 23.3 Å². The fourth-order valence-electron chi connectivity index (χ4n) is 2.45. The number of hydrogen-bond acceptors (Lipinski definition) is 4. The molecule has 0 aromatic heterocycles. The maximum Gasteiger partial charge on any atom is 0.306 e. The lowest BCUT2D eigenvalue weighted by Crippen LogP contribution is -2.24. The van der Waals surface area contributed by atoms with Crippen LogP contribution in [0.2, 0.25) is 0 Å². The van der Waals surface area contributed by atoms with Crippen molar-refractivity contribution in [2.45, 2.75) is 39.7 Å². The van der Waals surface area contributed by atoms with Crippen LogP contribution < -0.4 is 5.32 Å². The molecule has 0 heterocycles. The van der Waals surface area contributed by atoms with Crippen molar-refractivity contribution in [3.63, 3.8) is 0 Å². The van der Waals surface area contributed by atoms with Gasteiger partial charge in [0, 0.05) is 23.6 Å². The molecular formula is C22H24FNO4. The number of ketones is 1. The minimum atomic E-state index is -0.920. The Morgan fingerprint density at radius 2 is 1.57 bits per heavy atom. The average molecular weight is 385 g/mol. The molecule has 28 heavy (non-hydrogen) atoms. The largest absolute Gasteiger partial charge is 0.454 e. The highest BCUT2D eigenvalue weighted by Crippen LogP contribution is 2.14. The maximum absolute atomic E-state index is 12.9. The third kappa shape index (κ3) is 6.30. The molecule has 0 bridgehead atoms. The molecule has 0 aliphatic rings. The molecule has 0 aliphatic heterocycles. The topological polar surface area (TPSA) is 72.5 Å². The highest BCUT2D eigenvalue weighted by Gasteiger charge is 2.19. The molecule has 6 heteroatoms. The second kappa shape index (κ2) is 9.78. The van der Waals surface area contributed by atoms with Crippen LogP contribution in [-0.4, -0.2) is 23.8 Å². The molecule has 5 nitrogen and oxygen atoms in total. The predicted molar refractivity (Wildman–Crippen MR) is 105 cm³/mol. The number of halogens is 1. The number of hydrogen-bond donors (Lipinski definition) is 1. The summed E-state index contributed by atoms with van der Waals surface area (Å²) in [4.78, 5) is 36.1. The van der Waals surface area contributed by atoms with Gasteiger partial charge in [-0.2, -0.15) is 0 Å². The number of amides is 1. The summed E-state index contributed by atoms with van der Waals surface area (Å²) in [7, 11) is 0. The lowest BCUT2D eigenvalue weighted by Gasteiger charge is -2.13. The highest BCUT2D eigenvalue weighted by atomic mass is 19.1. The first-order chi connectivity index (χ1) is 13.3. The number of rotatable bonds is 8. The number of benzene rings is 2. The molecule has 1 amide bonds. The molecule has 1 N–H and O–H groups in total. The second-order valence-corrected chi connectivity index (χ2v) is 6.84. The van der Waals surface area contributed by atoms with E-state index >= 15 is 0 Å². The van der Waals surface area contributed by atoms with Crippen LogP contribution in [0.5, 0.6) is 0 Å². The van der Waals surface area contributed by atoms with E-state index in [-0.39, 0.29) is 29.8 Å². The molecule has 0 aliphatic carbocycles. The molecule has 2 rings (SSSR count). The molecule has 0 saturated heterocycles. The molecule has 2 aromatic carbocycles. The van der Waals surface area contributed by atoms with E-state index in [1.807, 2.05) is 0 Å². The zero-order valence-corrected chi connectivity index (χ0v) is 16.2. The number of nitrogens with one attached hydrogen (secondary N) is 1. The van der Waals surface area contributed by atoms with E-state index < -0.39 is 12.1 Å². The van der Waals surface area contributed by atoms with E-state index in [2.05, 4.69) is 5.32 Å². The predicted octanol–water partition coefficient (Wildman–Crippen LogP) is 4.17. The monoisotopic (exact) mass is 385 g/mol. The molecule has 0 fully saturated rings. The van der Waals surface area contributed by atoms with Crippen molar-refractivity contribution in [2.24, 2.45) is 5.92 Å². The van der Waals surface area contributed by atoms with Crippen LogP contribution in [0.4, 0.5) is 10.1 Å². The SMILES string of the molecule is CC(C)C(=O)Nc1ccc(C(=O)[C@@H](C)OC(=O)CCc2ccc(F)cc2)cc1. The Kier molecular flexibility index (Phi) is 7.44. The molecule has 0 saturated carbocycles. The van der Waals surface area contributed by atoms with Gasteiger partial charge in [-0.1, -0.05) is 26.0 Å². The van der Waals surface area contributed by atoms with Gasteiger partial charge in [0.2, 0.25) is 11.7 Å². The van der Waals surface area contributed by atoms with Crippen molar-refractivity contribution < 1.29 is 23.5 Å². The van der Waals surface area contributed by atoms with Gasteiger partial charge in [0.1, 0.15) is 5.82 Å². The number of aryl methyl sites for hydroxylation is 1. The van der Waals surface area contributed by atoms with Gasteiger partial charge in [-0.3, -0.25) is 14.4 Å². The van der Waals surface area contributed by atoms with Gasteiger partial charge >= 0.3 is 5.97 Å². The Morgan fingerprint density at radius 3 is 2.14 bits per heavy atom. The number of carbonyl (C=O) groups excluding carboxylic acids is 3. The minimum Gasteiger partial charge on any atom is -0.454 e. The fraction of sp³-hybridized carbons (Fsp3) is 0.318. The van der Waals surface area contributed by atoms with E-state index in [0.717, 1.165) is 5.56 Å². The van der Waals surface area contributed by atoms with E-state index in [1.54, 1.807) is 50.2 Å². The van der Waals surface area contributed by atoms with Crippen molar-refractivity contribution in [1.82, 2.24) is 0 Å². The number of ether oxygens (including phenoxy) is 1. The molecule has 0 radical (unpaired) electrons. The van der Waals surface area contributed by atoms with Gasteiger partial charge in [-0.15, -0.1) is 0 Å². The van der Waals surface area contributed by atoms with Crippen molar-refractivity contribution in [3.05, 3.63) is 65.5 Å². The van der Waals surface area contributed by atoms with E-state index in [9.17, 15) is 18.8 Å². The van der Waals surface area contributed by atoms with E-state index in [4.69, 9.17) is 4.74 Å². The summed E-state index contributed by atoms with van der Waals surface area (Å²) in [5.41, 5.74) is 1.80. The Hall–Kier alpha value is -3.02. The third-order valence-electron chi connectivity index (χ3n) is 4.17. The second-order valence-electron chi connectivity index (χ2n) is 6.84. The van der Waals surface area contributed by atoms with Crippen LogP contribution in [0.15, 0.2) is 48.5 Å². The summed E-state index contributed by atoms with van der Waals surface area (Å²) >= 11 is 0. The van der Waals surface area contributed by atoms with Crippen molar-refractivity contribution in [2.75, 3.05) is 5.32 Å². The summed E-state index contributed by atoms with van der Waals surface area (Å²) in [6.45, 7) is 5.10. The fourth-order valence-corrected chi connectivity index (χ4v) is 2.45. The van der Waals surface area contributed by atoms with Crippen LogP contribution in [0, 0.1) is 11.7 Å². The van der Waals surface area contributed by atoms with Gasteiger partial charge in [0.15, 0.2) is 6.10 Å². The highest BCUT2D eigenvalue weighted by molar-refractivity contribution is 6.01. The lowest BCUT2D eigenvalue weighted by molar-refractivity contribution is -0.146. The maximum atomic E-state index is 12.9. The summed E-state index contributed by atoms with van der Waals surface area (Å²) in [5.74, 6) is -1.40. The Labute approximate surface area is 163 Å². The minimum absolute atomic E-state index is 0.101. The standard InChI is InChI=1S/C22H24FNO4/c1-14(2)22(27)24-19-11-7-17(8-12-19)21(26)15(3)28-20(25)13-6-16-4-9-18(23)10-5-16/h4-5,7-12,14-15H,6,13H2,1-3H3,(H,24,27)/t15-/m1/s1. The molecule has 148 valence electrons. The summed E-state index contributed by atoms with van der Waals surface area (Å²) in [5, 5.41) is 2.75. The summed E-state index contributed by atoms with van der Waals surface area (Å²) in [6.07, 6.45) is -0.412. The Morgan fingerprint density at radius 1 is 0.964 bits per heavy atom. The van der Waals surface area contributed by atoms with Gasteiger partial charge < -0.3 is 10.1 Å². The van der Waals surface area contributed by atoms with Crippen LogP contribution >= 0.6 is 0 Å². The van der Waals surface area contributed by atoms with Gasteiger partial charge in [-0.25, -0.2) is 4.39 Å². The lowest BCUT2D eigenvalue weighted by atomic mass is 10.1. The third-order valence-corrected chi connectivity index (χ3v) is 4.17. The zero-order valence-electron chi connectivity index (χ0n) is 16.2. The summed E-state index contributed by atoms with van der Waals surface area (Å²) < 4.78 is 18.1. The van der Waals surface area contributed by atoms with E-state index in [1.165, 1.54) is 19.1 Å². The number of esters is 1. The molecular weight excluding hydrogens is 361 g/mol. The first kappa shape index (κ1) is 21.3.